The van der Waals surface area contributed by atoms with Crippen LogP contribution in [0.25, 0.3) is 0 Å². The lowest BCUT2D eigenvalue weighted by molar-refractivity contribution is 0.252. The largest absolute Gasteiger partial charge is 0.497 e. The number of urea groups is 1. The van der Waals surface area contributed by atoms with Gasteiger partial charge in [0.05, 0.1) is 7.11 Å². The number of nitrogens with zero attached hydrogens (tertiary/aromatic N) is 2. The lowest BCUT2D eigenvalue weighted by Gasteiger charge is -2.12. The average Bonchev–Trinajstić information content (AvgIpc) is 2.75. The Kier molecular flexibility index (Phi) is 7.50. The Balaban J connectivity index is 1.49. The molecular formula is C22H25ClN6O2. The van der Waals surface area contributed by atoms with Crippen molar-refractivity contribution >= 4 is 40.8 Å². The second-order valence-corrected chi connectivity index (χ2v) is 7.20. The van der Waals surface area contributed by atoms with Gasteiger partial charge in [-0.3, -0.25) is 0 Å². The molecule has 4 N–H and O–H groups in total. The number of hydrogen-bond acceptors (Lipinski definition) is 6. The van der Waals surface area contributed by atoms with Crippen molar-refractivity contribution in [3.63, 3.8) is 0 Å². The first-order valence-corrected chi connectivity index (χ1v) is 10.1. The fraction of sp³-hybridized carbons (Fsp3) is 0.227. The highest BCUT2D eigenvalue weighted by Crippen LogP contribution is 2.23. The molecule has 8 nitrogen and oxygen atoms in total. The van der Waals surface area contributed by atoms with Crippen molar-refractivity contribution in [1.29, 1.82) is 0 Å². The molecule has 9 heteroatoms. The summed E-state index contributed by atoms with van der Waals surface area (Å²) in [5.41, 5.74) is 3.20. The summed E-state index contributed by atoms with van der Waals surface area (Å²) >= 11 is 6.08. The summed E-state index contributed by atoms with van der Waals surface area (Å²) in [7, 11) is 1.63. The molecule has 0 bridgehead atoms. The molecule has 0 aliphatic rings. The summed E-state index contributed by atoms with van der Waals surface area (Å²) in [6.07, 6.45) is 0. The summed E-state index contributed by atoms with van der Waals surface area (Å²) in [5.74, 6) is 1.93. The monoisotopic (exact) mass is 440 g/mol. The summed E-state index contributed by atoms with van der Waals surface area (Å²) in [4.78, 5) is 21.0. The number of anilines is 4. The molecule has 2 amide bonds. The van der Waals surface area contributed by atoms with Crippen LogP contribution in [0.1, 0.15) is 11.3 Å². The summed E-state index contributed by atoms with van der Waals surface area (Å²) in [6.45, 7) is 4.61. The van der Waals surface area contributed by atoms with Crippen LogP contribution < -0.4 is 26.0 Å². The molecule has 162 valence electrons. The number of aryl methyl sites for hydroxylation is 1. The lowest BCUT2D eigenvalue weighted by atomic mass is 10.2. The normalized spacial score (nSPS) is 10.3. The number of amides is 2. The first-order valence-electron chi connectivity index (χ1n) is 9.75. The Labute approximate surface area is 186 Å². The van der Waals surface area contributed by atoms with Gasteiger partial charge in [-0.2, -0.15) is 4.98 Å². The third-order valence-corrected chi connectivity index (χ3v) is 4.84. The Bertz CT molecular complexity index is 1040. The number of hydrogen-bond donors (Lipinski definition) is 4. The molecule has 0 radical (unpaired) electrons. The van der Waals surface area contributed by atoms with Crippen molar-refractivity contribution in [2.75, 3.05) is 36.1 Å². The minimum Gasteiger partial charge on any atom is -0.497 e. The fourth-order valence-corrected chi connectivity index (χ4v) is 2.97. The van der Waals surface area contributed by atoms with E-state index in [4.69, 9.17) is 16.3 Å². The van der Waals surface area contributed by atoms with Crippen molar-refractivity contribution in [2.24, 2.45) is 0 Å². The predicted octanol–water partition coefficient (Wildman–Crippen LogP) is 4.73. The van der Waals surface area contributed by atoms with E-state index in [-0.39, 0.29) is 6.03 Å². The maximum Gasteiger partial charge on any atom is 0.319 e. The quantitative estimate of drug-likeness (QED) is 0.378. The van der Waals surface area contributed by atoms with Crippen LogP contribution in [0.3, 0.4) is 0 Å². The van der Waals surface area contributed by atoms with Gasteiger partial charge in [0.1, 0.15) is 11.6 Å². The zero-order valence-corrected chi connectivity index (χ0v) is 18.4. The van der Waals surface area contributed by atoms with E-state index >= 15 is 0 Å². The van der Waals surface area contributed by atoms with E-state index in [1.165, 1.54) is 0 Å². The molecule has 0 unspecified atom stereocenters. The van der Waals surface area contributed by atoms with E-state index in [2.05, 4.69) is 31.2 Å². The summed E-state index contributed by atoms with van der Waals surface area (Å²) < 4.78 is 5.17. The van der Waals surface area contributed by atoms with Crippen LogP contribution in [0.4, 0.5) is 27.9 Å². The molecular weight excluding hydrogens is 416 g/mol. The van der Waals surface area contributed by atoms with Crippen molar-refractivity contribution in [2.45, 2.75) is 13.8 Å². The van der Waals surface area contributed by atoms with E-state index in [0.717, 1.165) is 22.7 Å². The van der Waals surface area contributed by atoms with Gasteiger partial charge in [-0.15, -0.1) is 0 Å². The first kappa shape index (κ1) is 22.2. The molecule has 0 saturated carbocycles. The number of aromatic nitrogens is 2. The van der Waals surface area contributed by atoms with Crippen molar-refractivity contribution < 1.29 is 9.53 Å². The van der Waals surface area contributed by atoms with Crippen LogP contribution in [0.5, 0.6) is 5.75 Å². The maximum atomic E-state index is 12.1. The van der Waals surface area contributed by atoms with Gasteiger partial charge in [0.15, 0.2) is 0 Å². The molecule has 3 aromatic rings. The average molecular weight is 441 g/mol. The van der Waals surface area contributed by atoms with Gasteiger partial charge in [0.25, 0.3) is 0 Å². The third kappa shape index (κ3) is 6.48. The number of methoxy groups -OCH3 is 1. The number of ether oxygens (including phenoxy) is 1. The van der Waals surface area contributed by atoms with E-state index in [0.29, 0.717) is 35.6 Å². The molecule has 0 spiro atoms. The molecule has 0 aliphatic carbocycles. The van der Waals surface area contributed by atoms with Gasteiger partial charge in [0, 0.05) is 41.2 Å². The van der Waals surface area contributed by atoms with Gasteiger partial charge < -0.3 is 26.0 Å². The van der Waals surface area contributed by atoms with Gasteiger partial charge in [-0.1, -0.05) is 17.7 Å². The second-order valence-electron chi connectivity index (χ2n) is 6.79. The highest BCUT2D eigenvalue weighted by molar-refractivity contribution is 6.31. The van der Waals surface area contributed by atoms with Crippen LogP contribution in [-0.2, 0) is 0 Å². The molecule has 31 heavy (non-hydrogen) atoms. The topological polar surface area (TPSA) is 100 Å². The zero-order chi connectivity index (χ0) is 22.2. The SMILES string of the molecule is COc1ccc(Nc2cc(C)nc(NCCNC(=O)Nc3cccc(Cl)c3C)n2)cc1. The molecule has 2 aromatic carbocycles. The predicted molar refractivity (Wildman–Crippen MR) is 125 cm³/mol. The Hall–Kier alpha value is -3.52. The number of nitrogens with one attached hydrogen (secondary N) is 4. The molecule has 1 aromatic heterocycles. The van der Waals surface area contributed by atoms with Gasteiger partial charge in [-0.25, -0.2) is 9.78 Å². The number of carbonyl (C=O) groups is 1. The Morgan fingerprint density at radius 1 is 1.06 bits per heavy atom. The number of carbonyl (C=O) groups excluding carboxylic acids is 1. The second kappa shape index (κ2) is 10.5. The van der Waals surface area contributed by atoms with E-state index in [1.54, 1.807) is 25.3 Å². The minimum absolute atomic E-state index is 0.306. The first-order chi connectivity index (χ1) is 14.9. The lowest BCUT2D eigenvalue weighted by Crippen LogP contribution is -2.33. The van der Waals surface area contributed by atoms with Gasteiger partial charge in [0.2, 0.25) is 5.95 Å². The van der Waals surface area contributed by atoms with Crippen LogP contribution in [0.2, 0.25) is 5.02 Å². The van der Waals surface area contributed by atoms with Crippen molar-refractivity contribution in [1.82, 2.24) is 15.3 Å². The molecule has 0 aliphatic heterocycles. The van der Waals surface area contributed by atoms with Crippen molar-refractivity contribution in [3.8, 4) is 5.75 Å². The molecule has 3 rings (SSSR count). The highest BCUT2D eigenvalue weighted by Gasteiger charge is 2.07. The number of rotatable bonds is 8. The summed E-state index contributed by atoms with van der Waals surface area (Å²) in [6, 6.07) is 14.5. The van der Waals surface area contributed by atoms with E-state index < -0.39 is 0 Å². The fourth-order valence-electron chi connectivity index (χ4n) is 2.79. The van der Waals surface area contributed by atoms with Crippen LogP contribution in [0.15, 0.2) is 48.5 Å². The molecule has 0 saturated heterocycles. The van der Waals surface area contributed by atoms with Crippen LogP contribution in [0, 0.1) is 13.8 Å². The Morgan fingerprint density at radius 3 is 2.58 bits per heavy atom. The van der Waals surface area contributed by atoms with E-state index in [9.17, 15) is 4.79 Å². The van der Waals surface area contributed by atoms with Crippen molar-refractivity contribution in [3.05, 3.63) is 64.8 Å². The zero-order valence-electron chi connectivity index (χ0n) is 17.6. The van der Waals surface area contributed by atoms with Crippen LogP contribution in [-0.4, -0.2) is 36.2 Å². The molecule has 0 atom stereocenters. The number of benzene rings is 2. The maximum absolute atomic E-state index is 12.1. The molecule has 1 heterocycles. The van der Waals surface area contributed by atoms with Crippen LogP contribution >= 0.6 is 11.6 Å². The third-order valence-electron chi connectivity index (χ3n) is 4.43. The van der Waals surface area contributed by atoms with Gasteiger partial charge in [-0.05, 0) is 55.8 Å². The minimum atomic E-state index is -0.306. The molecule has 0 fully saturated rings. The van der Waals surface area contributed by atoms with E-state index in [1.807, 2.05) is 44.2 Å². The smallest absolute Gasteiger partial charge is 0.319 e. The summed E-state index contributed by atoms with van der Waals surface area (Å²) in [5, 5.41) is 12.6. The van der Waals surface area contributed by atoms with Gasteiger partial charge >= 0.3 is 6.03 Å². The standard InChI is InChI=1S/C22H25ClN6O2/c1-14-13-20(27-16-7-9-17(31-3)10-8-16)29-21(26-14)24-11-12-25-22(30)28-19-6-4-5-18(23)15(19)2/h4-10,13H,11-12H2,1-3H3,(H2,25,28,30)(H2,24,26,27,29). The highest BCUT2D eigenvalue weighted by atomic mass is 35.5. The Morgan fingerprint density at radius 2 is 1.84 bits per heavy atom. The number of halogens is 1.